The van der Waals surface area contributed by atoms with Crippen LogP contribution in [0.2, 0.25) is 0 Å². The number of benzene rings is 4. The van der Waals surface area contributed by atoms with Gasteiger partial charge in [-0.25, -0.2) is 9.97 Å². The number of phenolic OH excluding ortho intramolecular Hbond substituents is 1. The normalized spacial score (nSPS) is 14.0. The summed E-state index contributed by atoms with van der Waals surface area (Å²) in [5, 5.41) is 11.9. The predicted molar refractivity (Wildman–Crippen MR) is 192 cm³/mol. The topological polar surface area (TPSA) is 49.2 Å². The van der Waals surface area contributed by atoms with Crippen molar-refractivity contribution in [2.45, 2.75) is 65.2 Å². The quantitative estimate of drug-likeness (QED) is 0.218. The van der Waals surface area contributed by atoms with Crippen LogP contribution in [0.5, 0.6) is 5.75 Å². The second-order valence-electron chi connectivity index (χ2n) is 14.4. The monoisotopic (exact) mass is 603 g/mol. The van der Waals surface area contributed by atoms with Gasteiger partial charge in [-0.2, -0.15) is 0 Å². The van der Waals surface area contributed by atoms with E-state index < -0.39 is 0 Å². The van der Waals surface area contributed by atoms with Crippen LogP contribution in [0.25, 0.3) is 33.3 Å². The Kier molecular flexibility index (Phi) is 7.01. The Morgan fingerprint density at radius 2 is 1.46 bits per heavy atom. The summed E-state index contributed by atoms with van der Waals surface area (Å²) in [6.45, 7) is 15.7. The molecule has 0 fully saturated rings. The van der Waals surface area contributed by atoms with Crippen LogP contribution in [0, 0.1) is 0 Å². The lowest BCUT2D eigenvalue weighted by atomic mass is 9.73. The first-order chi connectivity index (χ1) is 21.9. The van der Waals surface area contributed by atoms with Crippen LogP contribution in [0.4, 0.5) is 17.2 Å². The second kappa shape index (κ2) is 10.8. The second-order valence-corrected chi connectivity index (χ2v) is 14.4. The number of aromatic nitrogens is 2. The van der Waals surface area contributed by atoms with Gasteiger partial charge < -0.3 is 5.11 Å². The summed E-state index contributed by atoms with van der Waals surface area (Å²) >= 11 is 0. The molecule has 1 N–H and O–H groups in total. The van der Waals surface area contributed by atoms with Crippen molar-refractivity contribution in [1.82, 2.24) is 9.97 Å². The van der Waals surface area contributed by atoms with Crippen molar-refractivity contribution >= 4 is 28.1 Å². The van der Waals surface area contributed by atoms with Gasteiger partial charge in [0.25, 0.3) is 0 Å². The van der Waals surface area contributed by atoms with E-state index in [0.29, 0.717) is 11.4 Å². The van der Waals surface area contributed by atoms with Crippen LogP contribution in [-0.2, 0) is 10.8 Å². The van der Waals surface area contributed by atoms with Gasteiger partial charge in [-0.3, -0.25) is 4.90 Å². The standard InChI is InChI=1S/C42H41N3O/c1-26(2)28-22-23-43-39(25-28)45-36-11-9-8-10-33(36)42(6,7)34-19-14-29(24-37(34)45)35-20-17-32-31(18-21-38(46)40(32)44-35)27-12-15-30(16-13-27)41(3,4)5/h8-26,46H,1-7H3. The molecule has 0 bridgehead atoms. The number of rotatable bonds is 4. The average Bonchev–Trinajstić information content (AvgIpc) is 3.04. The maximum absolute atomic E-state index is 11.0. The maximum Gasteiger partial charge on any atom is 0.141 e. The van der Waals surface area contributed by atoms with Crippen LogP contribution in [0.3, 0.4) is 0 Å². The molecule has 0 atom stereocenters. The summed E-state index contributed by atoms with van der Waals surface area (Å²) in [5.74, 6) is 1.47. The van der Waals surface area contributed by atoms with Crippen molar-refractivity contribution in [3.05, 3.63) is 132 Å². The SMILES string of the molecule is CC(C)c1ccnc(N2c3ccccc3C(C)(C)c3ccc(-c4ccc5c(-c6ccc(C(C)(C)C)cc6)ccc(O)c5n4)cc32)c1. The molecule has 4 heteroatoms. The molecule has 230 valence electrons. The first-order valence-corrected chi connectivity index (χ1v) is 16.2. The van der Waals surface area contributed by atoms with Crippen LogP contribution in [0.1, 0.15) is 76.6 Å². The molecule has 6 aromatic rings. The van der Waals surface area contributed by atoms with E-state index in [1.165, 1.54) is 22.3 Å². The summed E-state index contributed by atoms with van der Waals surface area (Å²) in [4.78, 5) is 12.2. The maximum atomic E-state index is 11.0. The molecule has 0 saturated heterocycles. The highest BCUT2D eigenvalue weighted by atomic mass is 16.3. The Labute approximate surface area is 272 Å². The van der Waals surface area contributed by atoms with E-state index in [1.807, 2.05) is 12.3 Å². The van der Waals surface area contributed by atoms with Gasteiger partial charge in [0.05, 0.1) is 17.1 Å². The van der Waals surface area contributed by atoms with Crippen molar-refractivity contribution in [2.75, 3.05) is 4.90 Å². The Hall–Kier alpha value is -4.96. The average molecular weight is 604 g/mol. The number of fused-ring (bicyclic) bond motifs is 3. The van der Waals surface area contributed by atoms with E-state index >= 15 is 0 Å². The molecular formula is C42H41N3O. The number of hydrogen-bond donors (Lipinski definition) is 1. The van der Waals surface area contributed by atoms with Crippen molar-refractivity contribution in [2.24, 2.45) is 0 Å². The molecule has 46 heavy (non-hydrogen) atoms. The number of anilines is 3. The highest BCUT2D eigenvalue weighted by molar-refractivity contribution is 5.99. The van der Waals surface area contributed by atoms with Crippen molar-refractivity contribution in [1.29, 1.82) is 0 Å². The van der Waals surface area contributed by atoms with Gasteiger partial charge in [0.1, 0.15) is 17.1 Å². The van der Waals surface area contributed by atoms with E-state index in [-0.39, 0.29) is 16.6 Å². The molecule has 2 aromatic heterocycles. The van der Waals surface area contributed by atoms with Gasteiger partial charge in [-0.15, -0.1) is 0 Å². The third kappa shape index (κ3) is 4.93. The molecule has 0 radical (unpaired) electrons. The van der Waals surface area contributed by atoms with Gasteiger partial charge in [0.2, 0.25) is 0 Å². The molecule has 0 saturated carbocycles. The van der Waals surface area contributed by atoms with E-state index in [4.69, 9.17) is 9.97 Å². The summed E-state index contributed by atoms with van der Waals surface area (Å²) in [6, 6.07) is 36.2. The molecule has 1 aliphatic heterocycles. The fraction of sp³-hybridized carbons (Fsp3) is 0.238. The Bertz CT molecular complexity index is 2100. The van der Waals surface area contributed by atoms with Crippen LogP contribution in [-0.4, -0.2) is 15.1 Å². The summed E-state index contributed by atoms with van der Waals surface area (Å²) in [6.07, 6.45) is 1.92. The number of aromatic hydroxyl groups is 1. The lowest BCUT2D eigenvalue weighted by Gasteiger charge is -2.41. The van der Waals surface area contributed by atoms with Gasteiger partial charge in [-0.05, 0) is 93.2 Å². The molecular weight excluding hydrogens is 562 g/mol. The lowest BCUT2D eigenvalue weighted by Crippen LogP contribution is -2.31. The van der Waals surface area contributed by atoms with E-state index in [0.717, 1.165) is 45.0 Å². The number of pyridine rings is 2. The highest BCUT2D eigenvalue weighted by Crippen LogP contribution is 2.52. The molecule has 0 unspecified atom stereocenters. The molecule has 0 amide bonds. The smallest absolute Gasteiger partial charge is 0.141 e. The number of para-hydroxylation sites is 1. The van der Waals surface area contributed by atoms with E-state index in [2.05, 4.69) is 144 Å². The lowest BCUT2D eigenvalue weighted by molar-refractivity contribution is 0.480. The Balaban J connectivity index is 1.37. The van der Waals surface area contributed by atoms with Gasteiger partial charge >= 0.3 is 0 Å². The minimum absolute atomic E-state index is 0.0844. The van der Waals surface area contributed by atoms with Crippen molar-refractivity contribution in [3.8, 4) is 28.1 Å². The third-order valence-electron chi connectivity index (χ3n) is 9.59. The molecule has 0 spiro atoms. The number of nitrogens with zero attached hydrogens (tertiary/aromatic N) is 3. The van der Waals surface area contributed by atoms with Crippen molar-refractivity contribution < 1.29 is 5.11 Å². The zero-order valence-corrected chi connectivity index (χ0v) is 27.8. The zero-order valence-electron chi connectivity index (χ0n) is 27.8. The zero-order chi connectivity index (χ0) is 32.4. The highest BCUT2D eigenvalue weighted by Gasteiger charge is 2.37. The summed E-state index contributed by atoms with van der Waals surface area (Å²) in [7, 11) is 0. The minimum atomic E-state index is -0.205. The summed E-state index contributed by atoms with van der Waals surface area (Å²) < 4.78 is 0. The van der Waals surface area contributed by atoms with Gasteiger partial charge in [0, 0.05) is 22.6 Å². The molecule has 7 rings (SSSR count). The van der Waals surface area contributed by atoms with Crippen LogP contribution < -0.4 is 4.90 Å². The van der Waals surface area contributed by atoms with E-state index in [1.54, 1.807) is 6.07 Å². The van der Waals surface area contributed by atoms with Crippen molar-refractivity contribution in [3.63, 3.8) is 0 Å². The largest absolute Gasteiger partial charge is 0.506 e. The van der Waals surface area contributed by atoms with Crippen LogP contribution >= 0.6 is 0 Å². The molecule has 0 aliphatic carbocycles. The molecule has 1 aliphatic rings. The number of phenols is 1. The van der Waals surface area contributed by atoms with Gasteiger partial charge in [0.15, 0.2) is 0 Å². The van der Waals surface area contributed by atoms with E-state index in [9.17, 15) is 5.11 Å². The van der Waals surface area contributed by atoms with Crippen LogP contribution in [0.15, 0.2) is 109 Å². The predicted octanol–water partition coefficient (Wildman–Crippen LogP) is 11.2. The fourth-order valence-corrected chi connectivity index (χ4v) is 6.80. The third-order valence-corrected chi connectivity index (χ3v) is 9.59. The molecule has 4 aromatic carbocycles. The van der Waals surface area contributed by atoms with Gasteiger partial charge in [-0.1, -0.05) is 103 Å². The molecule has 3 heterocycles. The number of hydrogen-bond acceptors (Lipinski definition) is 4. The first-order valence-electron chi connectivity index (χ1n) is 16.2. The minimum Gasteiger partial charge on any atom is -0.506 e. The first kappa shape index (κ1) is 29.7. The Morgan fingerprint density at radius 1 is 0.739 bits per heavy atom. The molecule has 4 nitrogen and oxygen atoms in total. The summed E-state index contributed by atoms with van der Waals surface area (Å²) in [5.41, 5.74) is 11.7. The fourth-order valence-electron chi connectivity index (χ4n) is 6.80. The Morgan fingerprint density at radius 3 is 2.20 bits per heavy atom.